The Kier molecular flexibility index (Phi) is 6.22. The molecule has 0 fully saturated rings. The van der Waals surface area contributed by atoms with Crippen molar-refractivity contribution < 1.29 is 13.2 Å². The minimum Gasteiger partial charge on any atom is -0.346 e. The van der Waals surface area contributed by atoms with Crippen molar-refractivity contribution in [2.45, 2.75) is 44.2 Å². The SMILES string of the molecule is CCn1c(CCC(=O)NC(C)c2nc3ccccc3[nH]2)nc2cc(S(=O)(=O)N(C)C)ccc21. The molecule has 4 rings (SSSR count). The van der Waals surface area contributed by atoms with E-state index in [1.54, 1.807) is 18.2 Å². The molecule has 0 bridgehead atoms. The minimum absolute atomic E-state index is 0.103. The zero-order valence-corrected chi connectivity index (χ0v) is 20.0. The average molecular weight is 469 g/mol. The number of carbonyl (C=O) groups excluding carboxylic acids is 1. The van der Waals surface area contributed by atoms with Gasteiger partial charge in [-0.25, -0.2) is 22.7 Å². The second kappa shape index (κ2) is 8.95. The highest BCUT2D eigenvalue weighted by atomic mass is 32.2. The van der Waals surface area contributed by atoms with Gasteiger partial charge in [-0.2, -0.15) is 0 Å². The van der Waals surface area contributed by atoms with Crippen LogP contribution in [0.25, 0.3) is 22.1 Å². The summed E-state index contributed by atoms with van der Waals surface area (Å²) in [6.45, 7) is 4.56. The molecular formula is C23H28N6O3S. The Morgan fingerprint density at radius 2 is 1.91 bits per heavy atom. The topological polar surface area (TPSA) is 113 Å². The van der Waals surface area contributed by atoms with Gasteiger partial charge in [-0.1, -0.05) is 12.1 Å². The first-order valence-electron chi connectivity index (χ1n) is 10.9. The number of nitrogens with one attached hydrogen (secondary N) is 2. The van der Waals surface area contributed by atoms with Crippen LogP contribution in [0.1, 0.15) is 38.0 Å². The van der Waals surface area contributed by atoms with E-state index in [1.165, 1.54) is 18.4 Å². The predicted octanol–water partition coefficient (Wildman–Crippen LogP) is 2.99. The number of fused-ring (bicyclic) bond motifs is 2. The number of hydrogen-bond donors (Lipinski definition) is 2. The molecule has 4 aromatic rings. The first-order chi connectivity index (χ1) is 15.7. The molecule has 174 valence electrons. The van der Waals surface area contributed by atoms with E-state index in [9.17, 15) is 13.2 Å². The van der Waals surface area contributed by atoms with Crippen molar-refractivity contribution in [1.29, 1.82) is 0 Å². The van der Waals surface area contributed by atoms with Crippen LogP contribution in [0.3, 0.4) is 0 Å². The van der Waals surface area contributed by atoms with Crippen LogP contribution < -0.4 is 5.32 Å². The van der Waals surface area contributed by atoms with Gasteiger partial charge in [-0.15, -0.1) is 0 Å². The summed E-state index contributed by atoms with van der Waals surface area (Å²) in [6, 6.07) is 12.4. The molecular weight excluding hydrogens is 440 g/mol. The number of aromatic amines is 1. The van der Waals surface area contributed by atoms with E-state index in [1.807, 2.05) is 42.7 Å². The van der Waals surface area contributed by atoms with Gasteiger partial charge >= 0.3 is 0 Å². The minimum atomic E-state index is -3.54. The molecule has 2 N–H and O–H groups in total. The lowest BCUT2D eigenvalue weighted by molar-refractivity contribution is -0.121. The van der Waals surface area contributed by atoms with Crippen LogP contribution in [0, 0.1) is 0 Å². The van der Waals surface area contributed by atoms with Gasteiger partial charge in [-0.3, -0.25) is 4.79 Å². The molecule has 0 aliphatic rings. The fourth-order valence-corrected chi connectivity index (χ4v) is 4.78. The standard InChI is InChI=1S/C23H28N6O3S/c1-5-29-20-11-10-16(33(31,32)28(3)4)14-19(20)25-21(29)12-13-22(30)24-15(2)23-26-17-8-6-7-9-18(17)27-23/h6-11,14-15H,5,12-13H2,1-4H3,(H,24,30)(H,26,27). The van der Waals surface area contributed by atoms with Crippen molar-refractivity contribution in [2.24, 2.45) is 0 Å². The van der Waals surface area contributed by atoms with Gasteiger partial charge in [0.15, 0.2) is 0 Å². The summed E-state index contributed by atoms with van der Waals surface area (Å²) in [5.74, 6) is 1.35. The van der Waals surface area contributed by atoms with Gasteiger partial charge in [0.25, 0.3) is 0 Å². The molecule has 0 aliphatic heterocycles. The number of sulfonamides is 1. The molecule has 0 saturated carbocycles. The maximum atomic E-state index is 12.6. The Morgan fingerprint density at radius 3 is 2.61 bits per heavy atom. The highest BCUT2D eigenvalue weighted by Crippen LogP contribution is 2.23. The number of hydrogen-bond acceptors (Lipinski definition) is 5. The first-order valence-corrected chi connectivity index (χ1v) is 12.3. The summed E-state index contributed by atoms with van der Waals surface area (Å²) in [6.07, 6.45) is 0.702. The normalized spacial score (nSPS) is 13.1. The molecule has 1 unspecified atom stereocenters. The summed E-state index contributed by atoms with van der Waals surface area (Å²) < 4.78 is 28.1. The number of aryl methyl sites for hydroxylation is 2. The van der Waals surface area contributed by atoms with Crippen molar-refractivity contribution in [3.05, 3.63) is 54.1 Å². The van der Waals surface area contributed by atoms with Crippen LogP contribution in [0.4, 0.5) is 0 Å². The fraction of sp³-hybridized carbons (Fsp3) is 0.348. The van der Waals surface area contributed by atoms with E-state index in [0.29, 0.717) is 24.3 Å². The summed E-state index contributed by atoms with van der Waals surface area (Å²) in [5.41, 5.74) is 3.24. The van der Waals surface area contributed by atoms with Crippen LogP contribution in [0.15, 0.2) is 47.4 Å². The van der Waals surface area contributed by atoms with E-state index in [0.717, 1.165) is 22.4 Å². The second-order valence-corrected chi connectivity index (χ2v) is 10.3. The Hall–Kier alpha value is -3.24. The lowest BCUT2D eigenvalue weighted by atomic mass is 10.2. The van der Waals surface area contributed by atoms with E-state index in [4.69, 9.17) is 0 Å². The quantitative estimate of drug-likeness (QED) is 0.413. The van der Waals surface area contributed by atoms with E-state index in [-0.39, 0.29) is 23.3 Å². The van der Waals surface area contributed by atoms with E-state index < -0.39 is 10.0 Å². The van der Waals surface area contributed by atoms with Crippen LogP contribution in [-0.2, 0) is 27.8 Å². The Balaban J connectivity index is 1.48. The van der Waals surface area contributed by atoms with E-state index >= 15 is 0 Å². The van der Waals surface area contributed by atoms with Gasteiger partial charge in [0.05, 0.1) is 33.0 Å². The molecule has 0 aliphatic carbocycles. The number of amides is 1. The smallest absolute Gasteiger partial charge is 0.242 e. The molecule has 0 saturated heterocycles. The summed E-state index contributed by atoms with van der Waals surface area (Å²) >= 11 is 0. The maximum Gasteiger partial charge on any atom is 0.242 e. The number of para-hydroxylation sites is 2. The molecule has 2 heterocycles. The van der Waals surface area contributed by atoms with Gasteiger partial charge in [-0.05, 0) is 44.2 Å². The van der Waals surface area contributed by atoms with Gasteiger partial charge < -0.3 is 14.9 Å². The molecule has 0 spiro atoms. The average Bonchev–Trinajstić information content (AvgIpc) is 3.38. The Morgan fingerprint density at radius 1 is 1.15 bits per heavy atom. The third-order valence-electron chi connectivity index (χ3n) is 5.66. The van der Waals surface area contributed by atoms with Crippen LogP contribution in [0.2, 0.25) is 0 Å². The lowest BCUT2D eigenvalue weighted by Gasteiger charge is -2.12. The zero-order chi connectivity index (χ0) is 23.8. The largest absolute Gasteiger partial charge is 0.346 e. The van der Waals surface area contributed by atoms with Gasteiger partial charge in [0.2, 0.25) is 15.9 Å². The predicted molar refractivity (Wildman–Crippen MR) is 127 cm³/mol. The second-order valence-electron chi connectivity index (χ2n) is 8.14. The third kappa shape index (κ3) is 4.49. The molecule has 1 atom stereocenters. The number of carbonyl (C=O) groups is 1. The Bertz CT molecular complexity index is 1390. The summed E-state index contributed by atoms with van der Waals surface area (Å²) in [7, 11) is -0.542. The van der Waals surface area contributed by atoms with Crippen LogP contribution in [-0.4, -0.2) is 52.2 Å². The van der Waals surface area contributed by atoms with Gasteiger partial charge in [0.1, 0.15) is 11.6 Å². The van der Waals surface area contributed by atoms with Crippen molar-refractivity contribution >= 4 is 38.0 Å². The van der Waals surface area contributed by atoms with E-state index in [2.05, 4.69) is 20.3 Å². The number of nitrogens with zero attached hydrogens (tertiary/aromatic N) is 4. The number of imidazole rings is 2. The first kappa shape index (κ1) is 22.9. The maximum absolute atomic E-state index is 12.6. The highest BCUT2D eigenvalue weighted by molar-refractivity contribution is 7.89. The monoisotopic (exact) mass is 468 g/mol. The molecule has 1 amide bonds. The lowest BCUT2D eigenvalue weighted by Crippen LogP contribution is -2.27. The molecule has 10 heteroatoms. The summed E-state index contributed by atoms with van der Waals surface area (Å²) in [4.78, 5) is 25.2. The third-order valence-corrected chi connectivity index (χ3v) is 7.48. The van der Waals surface area contributed by atoms with Crippen molar-refractivity contribution in [3.8, 4) is 0 Å². The molecule has 33 heavy (non-hydrogen) atoms. The number of rotatable bonds is 8. The summed E-state index contributed by atoms with van der Waals surface area (Å²) in [5, 5.41) is 2.99. The van der Waals surface area contributed by atoms with Crippen molar-refractivity contribution in [3.63, 3.8) is 0 Å². The number of H-pyrrole nitrogens is 1. The number of benzene rings is 2. The van der Waals surface area contributed by atoms with Crippen LogP contribution >= 0.6 is 0 Å². The van der Waals surface area contributed by atoms with Crippen LogP contribution in [0.5, 0.6) is 0 Å². The molecule has 2 aromatic carbocycles. The fourth-order valence-electron chi connectivity index (χ4n) is 3.86. The van der Waals surface area contributed by atoms with Gasteiger partial charge in [0, 0.05) is 33.5 Å². The molecule has 0 radical (unpaired) electrons. The molecule has 9 nitrogen and oxygen atoms in total. The van der Waals surface area contributed by atoms with Crippen molar-refractivity contribution in [2.75, 3.05) is 14.1 Å². The Labute approximate surface area is 192 Å². The zero-order valence-electron chi connectivity index (χ0n) is 19.2. The van der Waals surface area contributed by atoms with Crippen molar-refractivity contribution in [1.82, 2.24) is 29.1 Å². The number of aromatic nitrogens is 4. The highest BCUT2D eigenvalue weighted by Gasteiger charge is 2.20. The molecule has 2 aromatic heterocycles.